The van der Waals surface area contributed by atoms with Gasteiger partial charge in [0.1, 0.15) is 23.2 Å². The highest BCUT2D eigenvalue weighted by molar-refractivity contribution is 5.99. The molecule has 1 aliphatic heterocycles. The number of aliphatic hydroxyl groups is 1. The van der Waals surface area contributed by atoms with Gasteiger partial charge in [-0.2, -0.15) is 13.2 Å². The smallest absolute Gasteiger partial charge is 0.391 e. The largest absolute Gasteiger partial charge is 0.408 e. The van der Waals surface area contributed by atoms with Gasteiger partial charge in [0.05, 0.1) is 30.7 Å². The van der Waals surface area contributed by atoms with E-state index < -0.39 is 70.9 Å². The van der Waals surface area contributed by atoms with Crippen molar-refractivity contribution in [1.82, 2.24) is 19.9 Å². The molecule has 0 bridgehead atoms. The van der Waals surface area contributed by atoms with Crippen LogP contribution in [0.2, 0.25) is 0 Å². The average Bonchev–Trinajstić information content (AvgIpc) is 3.16. The van der Waals surface area contributed by atoms with Gasteiger partial charge in [0.25, 0.3) is 5.91 Å². The van der Waals surface area contributed by atoms with E-state index in [0.29, 0.717) is 12.3 Å². The van der Waals surface area contributed by atoms with Gasteiger partial charge in [0, 0.05) is 12.3 Å². The molecule has 0 aromatic carbocycles. The van der Waals surface area contributed by atoms with Crippen molar-refractivity contribution in [2.75, 3.05) is 11.4 Å². The lowest BCUT2D eigenvalue weighted by Crippen LogP contribution is -2.47. The van der Waals surface area contributed by atoms with Crippen LogP contribution < -0.4 is 15.6 Å². The number of halogens is 5. The normalized spacial score (nSPS) is 16.9. The molecule has 0 unspecified atom stereocenters. The monoisotopic (exact) mass is 539 g/mol. The van der Waals surface area contributed by atoms with Crippen LogP contribution >= 0.6 is 0 Å². The molecule has 3 aromatic rings. The van der Waals surface area contributed by atoms with E-state index in [9.17, 15) is 41.4 Å². The van der Waals surface area contributed by atoms with E-state index in [0.717, 1.165) is 15.7 Å². The first-order valence-electron chi connectivity index (χ1n) is 11.5. The highest BCUT2D eigenvalue weighted by Gasteiger charge is 2.41. The molecule has 1 saturated heterocycles. The van der Waals surface area contributed by atoms with Gasteiger partial charge in [-0.05, 0) is 24.5 Å². The molecule has 0 aliphatic carbocycles. The molecular formula is C24H22F5N5O4. The predicted molar refractivity (Wildman–Crippen MR) is 125 cm³/mol. The third-order valence-electron chi connectivity index (χ3n) is 5.89. The summed E-state index contributed by atoms with van der Waals surface area (Å²) < 4.78 is 69.7. The molecule has 1 aliphatic rings. The Kier molecular flexibility index (Phi) is 7.19. The fraction of sp³-hybridized carbons (Fsp3) is 0.375. The van der Waals surface area contributed by atoms with E-state index in [1.807, 2.05) is 5.32 Å². The van der Waals surface area contributed by atoms with Gasteiger partial charge in [0.15, 0.2) is 17.3 Å². The van der Waals surface area contributed by atoms with Crippen LogP contribution in [0.25, 0.3) is 16.9 Å². The van der Waals surface area contributed by atoms with Crippen molar-refractivity contribution in [2.45, 2.75) is 45.0 Å². The maximum absolute atomic E-state index is 14.7. The number of alkyl halides is 3. The van der Waals surface area contributed by atoms with E-state index in [-0.39, 0.29) is 29.8 Å². The average molecular weight is 539 g/mol. The molecule has 4 rings (SSSR count). The number of β-amino-alcohol motifs (C(OH)–C–C–N with tert-alkyl or cyclic N) is 1. The molecule has 1 fully saturated rings. The Balaban J connectivity index is 1.90. The van der Waals surface area contributed by atoms with Gasteiger partial charge in [-0.1, -0.05) is 13.8 Å². The topological polar surface area (TPSA) is 117 Å². The fourth-order valence-corrected chi connectivity index (χ4v) is 4.14. The lowest BCUT2D eigenvalue weighted by molar-refractivity contribution is -0.156. The summed E-state index contributed by atoms with van der Waals surface area (Å²) in [6, 6.07) is 0.644. The molecule has 0 spiro atoms. The first-order valence-corrected chi connectivity index (χ1v) is 11.5. The number of rotatable bonds is 6. The van der Waals surface area contributed by atoms with Gasteiger partial charge >= 0.3 is 6.18 Å². The standard InChI is InChI=1S/C24H22F5N5O4/c1-11(2)5-17(24(27,28)29)31-23(38)15-10-34(22-16(26)6-12(25)8-30-22)21-14(20(15)37)3-4-18(32-21)33-9-13(35)7-19(33)36/h3-4,6,8,10-11,13,17,35H,5,7,9H2,1-2H3,(H,31,38)/t13-,17+/m0/s1. The summed E-state index contributed by atoms with van der Waals surface area (Å²) in [7, 11) is 0. The van der Waals surface area contributed by atoms with E-state index >= 15 is 0 Å². The second-order valence-electron chi connectivity index (χ2n) is 9.30. The number of hydrogen-bond acceptors (Lipinski definition) is 6. The SMILES string of the molecule is CC(C)C[C@@H](NC(=O)c1cn(-c2ncc(F)cc2F)c2nc(N3C[C@@H](O)CC3=O)ccc2c1=O)C(F)(F)F. The number of amides is 2. The zero-order chi connectivity index (χ0) is 27.9. The second-order valence-corrected chi connectivity index (χ2v) is 9.30. The molecule has 14 heteroatoms. The number of hydrogen-bond donors (Lipinski definition) is 2. The minimum Gasteiger partial charge on any atom is -0.391 e. The summed E-state index contributed by atoms with van der Waals surface area (Å²) in [5.74, 6) is -5.13. The van der Waals surface area contributed by atoms with Crippen LogP contribution in [-0.2, 0) is 4.79 Å². The Morgan fingerprint density at radius 1 is 1.24 bits per heavy atom. The Morgan fingerprint density at radius 3 is 2.53 bits per heavy atom. The number of fused-ring (bicyclic) bond motifs is 1. The second kappa shape index (κ2) is 10.1. The molecule has 2 atom stereocenters. The van der Waals surface area contributed by atoms with Crippen molar-refractivity contribution in [3.05, 3.63) is 58.0 Å². The minimum atomic E-state index is -4.80. The Labute approximate surface area is 211 Å². The van der Waals surface area contributed by atoms with Gasteiger partial charge in [-0.25, -0.2) is 18.7 Å². The number of carbonyl (C=O) groups excluding carboxylic acids is 2. The minimum absolute atomic E-state index is 0.0130. The maximum Gasteiger partial charge on any atom is 0.408 e. The van der Waals surface area contributed by atoms with Crippen LogP contribution in [-0.4, -0.2) is 56.3 Å². The van der Waals surface area contributed by atoms with Crippen LogP contribution in [0.5, 0.6) is 0 Å². The highest BCUT2D eigenvalue weighted by Crippen LogP contribution is 2.27. The number of aromatic nitrogens is 3. The molecule has 0 radical (unpaired) electrons. The van der Waals surface area contributed by atoms with E-state index in [1.54, 1.807) is 0 Å². The first-order chi connectivity index (χ1) is 17.8. The number of aliphatic hydroxyl groups excluding tert-OH is 1. The van der Waals surface area contributed by atoms with Gasteiger partial charge in [-0.3, -0.25) is 23.9 Å². The van der Waals surface area contributed by atoms with Crippen molar-refractivity contribution in [3.63, 3.8) is 0 Å². The predicted octanol–water partition coefficient (Wildman–Crippen LogP) is 2.86. The quantitative estimate of drug-likeness (QED) is 0.466. The number of nitrogens with one attached hydrogen (secondary N) is 1. The van der Waals surface area contributed by atoms with E-state index in [2.05, 4.69) is 9.97 Å². The van der Waals surface area contributed by atoms with Crippen LogP contribution in [0.15, 0.2) is 35.4 Å². The number of nitrogens with zero attached hydrogens (tertiary/aromatic N) is 4. The van der Waals surface area contributed by atoms with Gasteiger partial charge < -0.3 is 10.4 Å². The summed E-state index contributed by atoms with van der Waals surface area (Å²) in [5, 5.41) is 11.3. The lowest BCUT2D eigenvalue weighted by Gasteiger charge is -2.23. The zero-order valence-corrected chi connectivity index (χ0v) is 20.1. The van der Waals surface area contributed by atoms with Gasteiger partial charge in [0.2, 0.25) is 11.3 Å². The Bertz CT molecular complexity index is 1470. The zero-order valence-electron chi connectivity index (χ0n) is 20.1. The summed E-state index contributed by atoms with van der Waals surface area (Å²) in [5.41, 5.74) is -2.07. The maximum atomic E-state index is 14.7. The van der Waals surface area contributed by atoms with Crippen molar-refractivity contribution in [3.8, 4) is 5.82 Å². The number of anilines is 1. The Morgan fingerprint density at radius 2 is 1.95 bits per heavy atom. The Hall–Kier alpha value is -3.94. The third-order valence-corrected chi connectivity index (χ3v) is 5.89. The summed E-state index contributed by atoms with van der Waals surface area (Å²) in [6.07, 6.45) is -4.96. The van der Waals surface area contributed by atoms with Crippen molar-refractivity contribution >= 4 is 28.7 Å². The lowest BCUT2D eigenvalue weighted by atomic mass is 10.0. The van der Waals surface area contributed by atoms with Crippen LogP contribution in [0.3, 0.4) is 0 Å². The van der Waals surface area contributed by atoms with Crippen molar-refractivity contribution in [1.29, 1.82) is 0 Å². The third kappa shape index (κ3) is 5.35. The summed E-state index contributed by atoms with van der Waals surface area (Å²) in [4.78, 5) is 47.4. The van der Waals surface area contributed by atoms with Crippen LogP contribution in [0.4, 0.5) is 27.8 Å². The number of pyridine rings is 3. The van der Waals surface area contributed by atoms with E-state index in [4.69, 9.17) is 0 Å². The van der Waals surface area contributed by atoms with E-state index in [1.165, 1.54) is 26.0 Å². The fourth-order valence-electron chi connectivity index (χ4n) is 4.14. The molecule has 202 valence electrons. The van der Waals surface area contributed by atoms with Crippen molar-refractivity contribution < 1.29 is 36.6 Å². The van der Waals surface area contributed by atoms with Crippen molar-refractivity contribution in [2.24, 2.45) is 5.92 Å². The first kappa shape index (κ1) is 27.1. The molecule has 3 aromatic heterocycles. The summed E-state index contributed by atoms with van der Waals surface area (Å²) >= 11 is 0. The molecule has 0 saturated carbocycles. The molecule has 4 heterocycles. The molecule has 38 heavy (non-hydrogen) atoms. The van der Waals surface area contributed by atoms with Crippen LogP contribution in [0.1, 0.15) is 37.0 Å². The molecule has 2 N–H and O–H groups in total. The number of carbonyl (C=O) groups is 2. The van der Waals surface area contributed by atoms with Crippen LogP contribution in [0, 0.1) is 17.6 Å². The van der Waals surface area contributed by atoms with Gasteiger partial charge in [-0.15, -0.1) is 0 Å². The molecule has 2 amide bonds. The molecule has 9 nitrogen and oxygen atoms in total. The summed E-state index contributed by atoms with van der Waals surface area (Å²) in [6.45, 7) is 2.97. The highest BCUT2D eigenvalue weighted by atomic mass is 19.4. The molecular weight excluding hydrogens is 517 g/mol.